The minimum Gasteiger partial charge on any atom is -0.490 e. The summed E-state index contributed by atoms with van der Waals surface area (Å²) in [5.74, 6) is -0.242. The molecule has 1 atom stereocenters. The SMILES string of the molecule is N#Cc1ccc(OC2CCC(NC(=O)c3ccc(N4CCC(CN5CCC(Nc6ccc7c(c6)C(=O)N(C6CCC(=O)NC6=O)C7=O)CC5)CC4)nn3)CC2)cc1Cl. The van der Waals surface area contributed by atoms with E-state index >= 15 is 0 Å². The molecule has 0 radical (unpaired) electrons. The first kappa shape index (κ1) is 39.2. The Kier molecular flexibility index (Phi) is 11.6. The summed E-state index contributed by atoms with van der Waals surface area (Å²) in [5, 5.41) is 27.0. The quantitative estimate of drug-likeness (QED) is 0.247. The van der Waals surface area contributed by atoms with Gasteiger partial charge in [0, 0.05) is 63.0 Å². The number of hydrogen-bond donors (Lipinski definition) is 3. The molecule has 1 unspecified atom stereocenters. The zero-order valence-corrected chi connectivity index (χ0v) is 32.9. The molecule has 16 heteroatoms. The second-order valence-corrected chi connectivity index (χ2v) is 16.4. The van der Waals surface area contributed by atoms with Crippen LogP contribution < -0.4 is 25.6 Å². The number of likely N-dealkylation sites (tertiary alicyclic amines) is 1. The molecule has 4 aliphatic heterocycles. The van der Waals surface area contributed by atoms with Crippen LogP contribution in [0, 0.1) is 17.2 Å². The van der Waals surface area contributed by atoms with Gasteiger partial charge < -0.3 is 25.2 Å². The predicted molar refractivity (Wildman–Crippen MR) is 213 cm³/mol. The highest BCUT2D eigenvalue weighted by Gasteiger charge is 2.44. The maximum atomic E-state index is 13.2. The molecule has 1 saturated carbocycles. The third kappa shape index (κ3) is 8.63. The number of amides is 5. The standard InChI is InChI=1S/C42H46ClN9O6/c43-34-22-31(5-1-26(34)23-44)58-30-6-2-27(3-7-30)46-39(54)35-9-11-37(49-48-35)51-19-13-25(14-20-51)24-50-17-15-28(16-18-50)45-29-4-8-32-33(21-29)42(57)52(41(32)56)36-10-12-38(53)47-40(36)55/h1,4-5,8-9,11,21-22,25,27-28,30,36,45H,2-3,6-7,10,12-20,24H2,(H,46,54)(H,47,53,55). The number of nitrogens with zero attached hydrogens (tertiary/aromatic N) is 6. The number of aromatic nitrogens is 2. The van der Waals surface area contributed by atoms with Crippen LogP contribution in [0.25, 0.3) is 0 Å². The molecule has 0 spiro atoms. The number of carbonyl (C=O) groups is 5. The van der Waals surface area contributed by atoms with Gasteiger partial charge in [-0.25, -0.2) is 0 Å². The molecule has 58 heavy (non-hydrogen) atoms. The van der Waals surface area contributed by atoms with E-state index in [1.165, 1.54) is 0 Å². The van der Waals surface area contributed by atoms with Crippen LogP contribution in [0.4, 0.5) is 11.5 Å². The van der Waals surface area contributed by atoms with Gasteiger partial charge in [-0.3, -0.25) is 34.2 Å². The predicted octanol–water partition coefficient (Wildman–Crippen LogP) is 4.32. The molecule has 3 N–H and O–H groups in total. The number of hydrogen-bond acceptors (Lipinski definition) is 12. The third-order valence-corrected chi connectivity index (χ3v) is 12.4. The molecule has 15 nitrogen and oxygen atoms in total. The summed E-state index contributed by atoms with van der Waals surface area (Å²) in [6.45, 7) is 4.71. The zero-order chi connectivity index (χ0) is 40.3. The molecule has 8 rings (SSSR count). The molecule has 1 aliphatic carbocycles. The van der Waals surface area contributed by atoms with Gasteiger partial charge in [-0.1, -0.05) is 11.6 Å². The molecule has 1 aromatic heterocycles. The molecular formula is C42H46ClN9O6. The lowest BCUT2D eigenvalue weighted by Crippen LogP contribution is -2.54. The van der Waals surface area contributed by atoms with E-state index in [0.29, 0.717) is 27.9 Å². The number of rotatable bonds is 10. The second-order valence-electron chi connectivity index (χ2n) is 16.0. The lowest BCUT2D eigenvalue weighted by atomic mass is 9.92. The van der Waals surface area contributed by atoms with Crippen molar-refractivity contribution in [1.82, 2.24) is 30.6 Å². The van der Waals surface area contributed by atoms with Crippen LogP contribution in [0.3, 0.4) is 0 Å². The summed E-state index contributed by atoms with van der Waals surface area (Å²) in [4.78, 5) is 69.0. The van der Waals surface area contributed by atoms with Crippen molar-refractivity contribution in [3.63, 3.8) is 0 Å². The largest absolute Gasteiger partial charge is 0.490 e. The van der Waals surface area contributed by atoms with Crippen LogP contribution in [-0.4, -0.2) is 106 Å². The van der Waals surface area contributed by atoms with E-state index in [1.54, 1.807) is 36.4 Å². The number of imide groups is 2. The van der Waals surface area contributed by atoms with Crippen LogP contribution >= 0.6 is 11.6 Å². The van der Waals surface area contributed by atoms with Gasteiger partial charge in [-0.05, 0) is 106 Å². The maximum Gasteiger partial charge on any atom is 0.272 e. The van der Waals surface area contributed by atoms with Gasteiger partial charge >= 0.3 is 0 Å². The molecular weight excluding hydrogens is 762 g/mol. The molecule has 3 aromatic rings. The Bertz CT molecular complexity index is 2120. The van der Waals surface area contributed by atoms with Crippen LogP contribution in [0.15, 0.2) is 48.5 Å². The van der Waals surface area contributed by atoms with Crippen LogP contribution in [0.5, 0.6) is 5.75 Å². The van der Waals surface area contributed by atoms with Crippen molar-refractivity contribution >= 4 is 52.6 Å². The average Bonchev–Trinajstić information content (AvgIpc) is 3.47. The lowest BCUT2D eigenvalue weighted by Gasteiger charge is -2.38. The third-order valence-electron chi connectivity index (χ3n) is 12.1. The molecule has 4 fully saturated rings. The number of fused-ring (bicyclic) bond motifs is 1. The van der Waals surface area contributed by atoms with Crippen LogP contribution in [0.1, 0.15) is 101 Å². The highest BCUT2D eigenvalue weighted by molar-refractivity contribution is 6.31. The zero-order valence-electron chi connectivity index (χ0n) is 32.1. The van der Waals surface area contributed by atoms with Crippen molar-refractivity contribution in [3.05, 3.63) is 75.9 Å². The smallest absolute Gasteiger partial charge is 0.272 e. The molecule has 5 heterocycles. The topological polar surface area (TPSA) is 190 Å². The number of carbonyl (C=O) groups excluding carboxylic acids is 5. The summed E-state index contributed by atoms with van der Waals surface area (Å²) in [5.41, 5.74) is 2.04. The fraction of sp³-hybridized carbons (Fsp3) is 0.476. The minimum atomic E-state index is -0.979. The van der Waals surface area contributed by atoms with Crippen molar-refractivity contribution in [2.75, 3.05) is 42.9 Å². The number of benzene rings is 2. The summed E-state index contributed by atoms with van der Waals surface area (Å²) in [7, 11) is 0. The maximum absolute atomic E-state index is 13.2. The number of anilines is 2. The van der Waals surface area contributed by atoms with E-state index in [0.717, 1.165) is 100 Å². The highest BCUT2D eigenvalue weighted by atomic mass is 35.5. The van der Waals surface area contributed by atoms with Crippen LogP contribution in [-0.2, 0) is 9.59 Å². The van der Waals surface area contributed by atoms with E-state index < -0.39 is 29.7 Å². The monoisotopic (exact) mass is 807 g/mol. The number of nitrogens with one attached hydrogen (secondary N) is 3. The van der Waals surface area contributed by atoms with Gasteiger partial charge in [0.15, 0.2) is 11.5 Å². The molecule has 302 valence electrons. The number of piperidine rings is 3. The number of nitriles is 1. The summed E-state index contributed by atoms with van der Waals surface area (Å²) in [6, 6.07) is 15.2. The average molecular weight is 808 g/mol. The van der Waals surface area contributed by atoms with Gasteiger partial charge in [0.05, 0.1) is 27.8 Å². The van der Waals surface area contributed by atoms with Gasteiger partial charge in [-0.2, -0.15) is 5.26 Å². The molecule has 5 amide bonds. The number of halogens is 1. The van der Waals surface area contributed by atoms with E-state index in [9.17, 15) is 24.0 Å². The Morgan fingerprint density at radius 2 is 1.60 bits per heavy atom. The van der Waals surface area contributed by atoms with E-state index in [-0.39, 0.29) is 48.1 Å². The molecule has 3 saturated heterocycles. The molecule has 0 bridgehead atoms. The van der Waals surface area contributed by atoms with Gasteiger partial charge in [0.25, 0.3) is 17.7 Å². The van der Waals surface area contributed by atoms with E-state index in [4.69, 9.17) is 21.6 Å². The fourth-order valence-electron chi connectivity index (χ4n) is 8.82. The molecule has 5 aliphatic rings. The number of ether oxygens (including phenoxy) is 1. The van der Waals surface area contributed by atoms with Crippen molar-refractivity contribution in [2.45, 2.75) is 88.4 Å². The minimum absolute atomic E-state index is 0.0207. The Balaban J connectivity index is 0.736. The Hall–Kier alpha value is -5.59. The summed E-state index contributed by atoms with van der Waals surface area (Å²) in [6.07, 6.45) is 7.39. The van der Waals surface area contributed by atoms with E-state index in [1.807, 2.05) is 12.1 Å². The Morgan fingerprint density at radius 3 is 2.29 bits per heavy atom. The second kappa shape index (κ2) is 17.1. The van der Waals surface area contributed by atoms with Crippen molar-refractivity contribution in [2.24, 2.45) is 5.92 Å². The van der Waals surface area contributed by atoms with Gasteiger partial charge in [0.2, 0.25) is 11.8 Å². The first-order valence-corrected chi connectivity index (χ1v) is 20.6. The lowest BCUT2D eigenvalue weighted by molar-refractivity contribution is -0.136. The van der Waals surface area contributed by atoms with Crippen molar-refractivity contribution < 1.29 is 28.7 Å². The normalized spacial score (nSPS) is 23.3. The van der Waals surface area contributed by atoms with Crippen molar-refractivity contribution in [1.29, 1.82) is 5.26 Å². The van der Waals surface area contributed by atoms with Gasteiger partial charge in [-0.15, -0.1) is 10.2 Å². The summed E-state index contributed by atoms with van der Waals surface area (Å²) < 4.78 is 6.08. The molecule has 2 aromatic carbocycles. The Morgan fingerprint density at radius 1 is 0.845 bits per heavy atom. The van der Waals surface area contributed by atoms with Crippen molar-refractivity contribution in [3.8, 4) is 11.8 Å². The van der Waals surface area contributed by atoms with E-state index in [2.05, 4.69) is 42.0 Å². The summed E-state index contributed by atoms with van der Waals surface area (Å²) >= 11 is 6.14. The van der Waals surface area contributed by atoms with Gasteiger partial charge in [0.1, 0.15) is 17.9 Å². The Labute approximate surface area is 341 Å². The van der Waals surface area contributed by atoms with Crippen LogP contribution in [0.2, 0.25) is 5.02 Å². The first-order chi connectivity index (χ1) is 28.1. The fourth-order valence-corrected chi connectivity index (χ4v) is 9.03. The highest BCUT2D eigenvalue weighted by Crippen LogP contribution is 2.32. The first-order valence-electron chi connectivity index (χ1n) is 20.2.